The van der Waals surface area contributed by atoms with Crippen molar-refractivity contribution in [3.8, 4) is 5.75 Å². The molecule has 1 aromatic rings. The van der Waals surface area contributed by atoms with E-state index in [2.05, 4.69) is 19.9 Å². The molecule has 0 radical (unpaired) electrons. The normalized spacial score (nSPS) is 21.3. The predicted octanol–water partition coefficient (Wildman–Crippen LogP) is 3.29. The Balaban J connectivity index is 2.52. The lowest BCUT2D eigenvalue weighted by Crippen LogP contribution is -2.35. The molecule has 3 nitrogen and oxygen atoms in total. The number of hydrogen-bond acceptors (Lipinski definition) is 2. The highest BCUT2D eigenvalue weighted by Crippen LogP contribution is 2.44. The van der Waals surface area contributed by atoms with Crippen LogP contribution in [0.15, 0.2) is 29.8 Å². The summed E-state index contributed by atoms with van der Waals surface area (Å²) in [5.41, 5.74) is 2.77. The number of methoxy groups -OCH3 is 1. The molecular weight excluding hydrogens is 238 g/mol. The van der Waals surface area contributed by atoms with Crippen LogP contribution in [0.5, 0.6) is 5.75 Å². The van der Waals surface area contributed by atoms with Gasteiger partial charge < -0.3 is 9.64 Å². The minimum absolute atomic E-state index is 0.147. The number of nitrogens with zero attached hydrogens (tertiary/aromatic N) is 1. The van der Waals surface area contributed by atoms with E-state index in [0.717, 1.165) is 23.4 Å². The topological polar surface area (TPSA) is 29.5 Å². The van der Waals surface area contributed by atoms with Crippen molar-refractivity contribution < 1.29 is 9.53 Å². The average molecular weight is 259 g/mol. The van der Waals surface area contributed by atoms with E-state index in [9.17, 15) is 4.79 Å². The summed E-state index contributed by atoms with van der Waals surface area (Å²) in [6, 6.07) is 5.84. The van der Waals surface area contributed by atoms with Crippen molar-refractivity contribution >= 4 is 11.6 Å². The van der Waals surface area contributed by atoms with Crippen LogP contribution in [0, 0.1) is 0 Å². The van der Waals surface area contributed by atoms with E-state index < -0.39 is 5.41 Å². The van der Waals surface area contributed by atoms with Crippen LogP contribution in [-0.4, -0.2) is 20.1 Å². The fourth-order valence-corrected chi connectivity index (χ4v) is 2.58. The number of amides is 1. The standard InChI is InChI=1S/C16H21NO2/c1-11(2)8-9-16(3)13-10-12(19-5)6-7-14(13)17(4)15(16)18/h6-8,10H,9H2,1-5H3/t16-/m0/s1. The van der Waals surface area contributed by atoms with Gasteiger partial charge in [-0.05, 0) is 51.0 Å². The number of rotatable bonds is 3. The van der Waals surface area contributed by atoms with Crippen LogP contribution in [0.25, 0.3) is 0 Å². The first-order chi connectivity index (χ1) is 8.90. The molecule has 0 aliphatic carbocycles. The zero-order chi connectivity index (χ0) is 14.2. The van der Waals surface area contributed by atoms with E-state index in [4.69, 9.17) is 4.74 Å². The van der Waals surface area contributed by atoms with Gasteiger partial charge in [0.25, 0.3) is 0 Å². The van der Waals surface area contributed by atoms with Gasteiger partial charge in [-0.3, -0.25) is 4.79 Å². The summed E-state index contributed by atoms with van der Waals surface area (Å²) in [6.07, 6.45) is 2.85. The summed E-state index contributed by atoms with van der Waals surface area (Å²) in [6.45, 7) is 6.12. The smallest absolute Gasteiger partial charge is 0.237 e. The van der Waals surface area contributed by atoms with Crippen molar-refractivity contribution in [1.82, 2.24) is 0 Å². The van der Waals surface area contributed by atoms with Gasteiger partial charge in [0.1, 0.15) is 5.75 Å². The lowest BCUT2D eigenvalue weighted by Gasteiger charge is -2.22. The number of anilines is 1. The molecule has 1 aliphatic heterocycles. The Hall–Kier alpha value is -1.77. The zero-order valence-corrected chi connectivity index (χ0v) is 12.3. The maximum atomic E-state index is 12.6. The lowest BCUT2D eigenvalue weighted by atomic mass is 9.80. The Morgan fingerprint density at radius 2 is 2.11 bits per heavy atom. The molecule has 0 fully saturated rings. The molecule has 0 N–H and O–H groups in total. The van der Waals surface area contributed by atoms with Crippen LogP contribution in [0.2, 0.25) is 0 Å². The molecule has 3 heteroatoms. The lowest BCUT2D eigenvalue weighted by molar-refractivity contribution is -0.122. The van der Waals surface area contributed by atoms with Crippen LogP contribution in [0.4, 0.5) is 5.69 Å². The van der Waals surface area contributed by atoms with Gasteiger partial charge in [-0.1, -0.05) is 11.6 Å². The Kier molecular flexibility index (Phi) is 3.40. The molecule has 1 aromatic carbocycles. The van der Waals surface area contributed by atoms with Gasteiger partial charge >= 0.3 is 0 Å². The SMILES string of the molecule is COc1ccc2c(c1)[C@](C)(CC=C(C)C)C(=O)N2C. The quantitative estimate of drug-likeness (QED) is 0.780. The van der Waals surface area contributed by atoms with Gasteiger partial charge in [-0.15, -0.1) is 0 Å². The van der Waals surface area contributed by atoms with Crippen LogP contribution >= 0.6 is 0 Å². The second kappa shape index (κ2) is 4.72. The van der Waals surface area contributed by atoms with Gasteiger partial charge in [0, 0.05) is 12.7 Å². The fourth-order valence-electron chi connectivity index (χ4n) is 2.58. The number of benzene rings is 1. The summed E-state index contributed by atoms with van der Waals surface area (Å²) in [5.74, 6) is 0.943. The highest BCUT2D eigenvalue weighted by atomic mass is 16.5. The van der Waals surface area contributed by atoms with E-state index in [-0.39, 0.29) is 5.91 Å². The maximum absolute atomic E-state index is 12.6. The van der Waals surface area contributed by atoms with E-state index >= 15 is 0 Å². The van der Waals surface area contributed by atoms with Crippen LogP contribution < -0.4 is 9.64 Å². The first kappa shape index (κ1) is 13.7. The average Bonchev–Trinajstić information content (AvgIpc) is 2.59. The summed E-state index contributed by atoms with van der Waals surface area (Å²) in [7, 11) is 3.48. The zero-order valence-electron chi connectivity index (χ0n) is 12.3. The number of likely N-dealkylation sites (N-methyl/N-ethyl adjacent to an activating group) is 1. The second-order valence-corrected chi connectivity index (χ2v) is 5.56. The molecular formula is C16H21NO2. The molecule has 0 unspecified atom stereocenters. The Labute approximate surface area is 114 Å². The number of carbonyl (C=O) groups excluding carboxylic acids is 1. The van der Waals surface area contributed by atoms with Crippen molar-refractivity contribution in [1.29, 1.82) is 0 Å². The molecule has 0 aromatic heterocycles. The van der Waals surface area contributed by atoms with Gasteiger partial charge in [-0.2, -0.15) is 0 Å². The molecule has 2 rings (SSSR count). The predicted molar refractivity (Wildman–Crippen MR) is 77.8 cm³/mol. The Bertz CT molecular complexity index is 544. The summed E-state index contributed by atoms with van der Waals surface area (Å²) < 4.78 is 5.28. The molecule has 1 atom stereocenters. The number of carbonyl (C=O) groups is 1. The molecule has 19 heavy (non-hydrogen) atoms. The van der Waals surface area contributed by atoms with Crippen LogP contribution in [0.3, 0.4) is 0 Å². The highest BCUT2D eigenvalue weighted by molar-refractivity contribution is 6.07. The third-order valence-electron chi connectivity index (χ3n) is 3.85. The molecule has 102 valence electrons. The summed E-state index contributed by atoms with van der Waals surface area (Å²) in [4.78, 5) is 14.3. The van der Waals surface area contributed by atoms with E-state index in [1.807, 2.05) is 32.2 Å². The van der Waals surface area contributed by atoms with E-state index in [0.29, 0.717) is 0 Å². The van der Waals surface area contributed by atoms with Gasteiger partial charge in [-0.25, -0.2) is 0 Å². The Morgan fingerprint density at radius 1 is 1.42 bits per heavy atom. The largest absolute Gasteiger partial charge is 0.497 e. The molecule has 0 spiro atoms. The van der Waals surface area contributed by atoms with Crippen molar-refractivity contribution in [2.45, 2.75) is 32.6 Å². The first-order valence-corrected chi connectivity index (χ1v) is 6.50. The monoisotopic (exact) mass is 259 g/mol. The third kappa shape index (κ3) is 2.14. The third-order valence-corrected chi connectivity index (χ3v) is 3.85. The van der Waals surface area contributed by atoms with Gasteiger partial charge in [0.05, 0.1) is 12.5 Å². The minimum Gasteiger partial charge on any atom is -0.497 e. The van der Waals surface area contributed by atoms with Crippen molar-refractivity contribution in [2.75, 3.05) is 19.1 Å². The Morgan fingerprint density at radius 3 is 2.68 bits per heavy atom. The van der Waals surface area contributed by atoms with Crippen molar-refractivity contribution in [3.63, 3.8) is 0 Å². The van der Waals surface area contributed by atoms with Gasteiger partial charge in [0.15, 0.2) is 0 Å². The van der Waals surface area contributed by atoms with Crippen LogP contribution in [-0.2, 0) is 10.2 Å². The molecule has 0 saturated heterocycles. The molecule has 1 heterocycles. The maximum Gasteiger partial charge on any atom is 0.237 e. The number of fused-ring (bicyclic) bond motifs is 1. The molecule has 0 bridgehead atoms. The summed E-state index contributed by atoms with van der Waals surface area (Å²) >= 11 is 0. The van der Waals surface area contributed by atoms with Crippen molar-refractivity contribution in [3.05, 3.63) is 35.4 Å². The number of allylic oxidation sites excluding steroid dienone is 2. The fraction of sp³-hybridized carbons (Fsp3) is 0.438. The summed E-state index contributed by atoms with van der Waals surface area (Å²) in [5, 5.41) is 0. The molecule has 1 aliphatic rings. The minimum atomic E-state index is -0.490. The molecule has 0 saturated carbocycles. The molecule has 1 amide bonds. The van der Waals surface area contributed by atoms with E-state index in [1.54, 1.807) is 12.0 Å². The first-order valence-electron chi connectivity index (χ1n) is 6.50. The highest BCUT2D eigenvalue weighted by Gasteiger charge is 2.45. The van der Waals surface area contributed by atoms with Crippen LogP contribution in [0.1, 0.15) is 32.8 Å². The van der Waals surface area contributed by atoms with E-state index in [1.165, 1.54) is 5.57 Å². The second-order valence-electron chi connectivity index (χ2n) is 5.56. The number of hydrogen-bond donors (Lipinski definition) is 0. The van der Waals surface area contributed by atoms with Crippen molar-refractivity contribution in [2.24, 2.45) is 0 Å². The number of ether oxygens (including phenoxy) is 1. The van der Waals surface area contributed by atoms with Gasteiger partial charge in [0.2, 0.25) is 5.91 Å².